The maximum Gasteiger partial charge on any atom is 2.00 e. The molecule has 29 nitrogen and oxygen atoms in total. The molecule has 2 aliphatic carbocycles. The van der Waals surface area contributed by atoms with E-state index in [0.29, 0.717) is 25.7 Å². The number of carbonyl (C=O) groups excluding carboxylic acids is 3. The van der Waals surface area contributed by atoms with Gasteiger partial charge in [0.2, 0.25) is 0 Å². The molecule has 0 saturated carbocycles. The maximum atomic E-state index is 11.4. The number of ether oxygens (including phenoxy) is 16. The summed E-state index contributed by atoms with van der Waals surface area (Å²) in [6.45, 7) is 57.9. The number of Topliss-reactive ketones (excluding diaryl/α,β-unsaturated/α-hetero) is 1. The van der Waals surface area contributed by atoms with Crippen LogP contribution in [0.4, 0.5) is 0 Å². The molecule has 0 spiro atoms. The Balaban J connectivity index is 0.000000609. The average molecular weight is 1610 g/mol. The summed E-state index contributed by atoms with van der Waals surface area (Å²) in [5.74, 6) is -4.32. The summed E-state index contributed by atoms with van der Waals surface area (Å²) in [4.78, 5) is 32.6. The number of aliphatic hydroxyl groups is 10. The Labute approximate surface area is 659 Å². The number of ketones is 2. The van der Waals surface area contributed by atoms with Crippen molar-refractivity contribution in [1.29, 1.82) is 0 Å². The van der Waals surface area contributed by atoms with Crippen molar-refractivity contribution in [3.8, 4) is 0 Å². The molecule has 24 atom stereocenters. The number of halogens is 1. The molecule has 107 heavy (non-hydrogen) atoms. The van der Waals surface area contributed by atoms with Gasteiger partial charge in [-0.3, -0.25) is 16.2 Å². The quantitative estimate of drug-likeness (QED) is 0.0407. The minimum absolute atomic E-state index is 0. The van der Waals surface area contributed by atoms with Crippen LogP contribution < -0.4 is 17.0 Å². The normalized spacial score (nSPS) is 36.3. The molecule has 0 aromatic rings. The number of aliphatic hydroxyl groups excluding tert-OH is 8. The summed E-state index contributed by atoms with van der Waals surface area (Å²) in [7, 11) is 0. The molecule has 0 amide bonds. The minimum atomic E-state index is -1.64. The summed E-state index contributed by atoms with van der Waals surface area (Å²) < 4.78 is 88.0. The van der Waals surface area contributed by atoms with E-state index in [1.807, 2.05) is 117 Å². The first kappa shape index (κ1) is 102. The first-order valence-corrected chi connectivity index (χ1v) is 36.0. The second kappa shape index (κ2) is 43.2. The third-order valence-electron chi connectivity index (χ3n) is 18.1. The summed E-state index contributed by atoms with van der Waals surface area (Å²) >= 11 is 0. The van der Waals surface area contributed by atoms with Gasteiger partial charge in [0.25, 0.3) is 0 Å². The van der Waals surface area contributed by atoms with Crippen LogP contribution in [-0.4, -0.2) is 292 Å². The maximum absolute atomic E-state index is 11.4. The van der Waals surface area contributed by atoms with Crippen LogP contribution in [0.5, 0.6) is 0 Å². The zero-order chi connectivity index (χ0) is 80.6. The Hall–Kier alpha value is -2.60. The molecule has 9 aliphatic heterocycles. The molecule has 11 rings (SSSR count). The molecule has 2 unspecified atom stereocenters. The van der Waals surface area contributed by atoms with Crippen LogP contribution in [0, 0.1) is 6.58 Å². The van der Waals surface area contributed by atoms with Gasteiger partial charge in [0.1, 0.15) is 115 Å². The second-order valence-electron chi connectivity index (χ2n) is 29.6. The molecule has 9 fully saturated rings. The van der Waals surface area contributed by atoms with Crippen molar-refractivity contribution in [2.24, 2.45) is 0 Å². The molecular weight excluding hydrogens is 1480 g/mol. The predicted molar refractivity (Wildman–Crippen MR) is 388 cm³/mol. The number of hydrogen-bond acceptors (Lipinski definition) is 29. The van der Waals surface area contributed by atoms with E-state index in [1.54, 1.807) is 58.1 Å². The van der Waals surface area contributed by atoms with Crippen molar-refractivity contribution in [1.82, 2.24) is 0 Å². The van der Waals surface area contributed by atoms with Crippen molar-refractivity contribution >= 4 is 40.9 Å². The Morgan fingerprint density at radius 1 is 0.607 bits per heavy atom. The van der Waals surface area contributed by atoms with E-state index in [1.165, 1.54) is 6.08 Å². The Morgan fingerprint density at radius 2 is 1.06 bits per heavy atom. The van der Waals surface area contributed by atoms with Gasteiger partial charge in [-0.2, -0.15) is 0 Å². The Kier molecular flexibility index (Phi) is 41.4. The summed E-state index contributed by atoms with van der Waals surface area (Å²) in [6, 6.07) is 0. The number of carbonyl (C=O) groups is 3. The van der Waals surface area contributed by atoms with Crippen molar-refractivity contribution in [3.63, 3.8) is 0 Å². The standard InChI is InChI=1S/C12H20O3.C10H16O3.C10H14O3.C10H18O3.C10H16O3.C9H16O4.C8H14O5.C5H10O5.C2H3.BrH.Mg/c1-6-9-10(12(13,7-2)8-3)15-11(4,5)14-9;1-4-10(11)6-5-7-8(10)13-9(2,3)12-7;1-4-6-5-7(11)9-8(6)12-10(2,3)13-9;2*1-5-7(11)9-8(6-2)12-10(3,4)13-9;1-4-5-6-7(8(10)11-5)13-9(2,3)12-6;1-8(2)12-5-4(3-9)11-7(10)6(5)13-8;6-1-3(8)5(10)4(9)2-7;1-2;;/h6-7,9-10,13H,1-2,8H2,3-5H3;5-8,11H,4H2,1-3H3;5,8-9H,4H2,1-3H3;6-9,11H,2,5H2,1,3-4H3;6,8-9H,2,5H2,1,3-4H3;5-8,10H,4H2,1-3H3;4-7,9-10H,3H2,1-2H3;1,3-5,7-10H,2H2;1H,2H2;1H;/q;;;;;;;;-1;;+2/p-1/t9-,10-,12+;7-,8-,10-;8-,9+;7-,8-,9+;8-,9+;5-,6-,7-,8?;4-,5-,6-,7?;3-,4+,5-;;;/m00100110.../s1. The van der Waals surface area contributed by atoms with E-state index in [2.05, 4.69) is 39.5 Å². The number of aldehydes is 1. The van der Waals surface area contributed by atoms with Gasteiger partial charge in [0, 0.05) is 6.42 Å². The molecule has 9 saturated heterocycles. The Bertz CT molecular complexity index is 2780. The zero-order valence-corrected chi connectivity index (χ0v) is 69.4. The van der Waals surface area contributed by atoms with E-state index in [4.69, 9.17) is 101 Å². The number of fused-ring (bicyclic) bond motifs is 4. The molecule has 0 radical (unpaired) electrons. The fourth-order valence-corrected chi connectivity index (χ4v) is 12.8. The second-order valence-corrected chi connectivity index (χ2v) is 29.6. The molecule has 11 aliphatic rings. The van der Waals surface area contributed by atoms with Crippen LogP contribution >= 0.6 is 0 Å². The number of hydrogen-bond donors (Lipinski definition) is 10. The van der Waals surface area contributed by atoms with Crippen LogP contribution in [0.25, 0.3) is 0 Å². The zero-order valence-electron chi connectivity index (χ0n) is 66.4. The Morgan fingerprint density at radius 3 is 1.50 bits per heavy atom. The van der Waals surface area contributed by atoms with Crippen molar-refractivity contribution in [2.45, 2.75) is 363 Å². The van der Waals surface area contributed by atoms with Crippen LogP contribution in [0.2, 0.25) is 0 Å². The van der Waals surface area contributed by atoms with E-state index >= 15 is 0 Å². The van der Waals surface area contributed by atoms with Crippen LogP contribution in [-0.2, 0) is 90.2 Å². The van der Waals surface area contributed by atoms with Gasteiger partial charge in [-0.25, -0.2) is 0 Å². The van der Waals surface area contributed by atoms with Gasteiger partial charge in [0.05, 0.1) is 25.4 Å². The molecule has 9 heterocycles. The summed E-state index contributed by atoms with van der Waals surface area (Å²) in [5, 5.41) is 91.9. The molecule has 0 aromatic heterocycles. The van der Waals surface area contributed by atoms with Crippen LogP contribution in [0.3, 0.4) is 0 Å². The fourth-order valence-electron chi connectivity index (χ4n) is 12.8. The molecule has 0 bridgehead atoms. The van der Waals surface area contributed by atoms with Gasteiger partial charge in [-0.15, -0.1) is 26.3 Å². The van der Waals surface area contributed by atoms with Gasteiger partial charge >= 0.3 is 23.1 Å². The van der Waals surface area contributed by atoms with Crippen molar-refractivity contribution in [2.75, 3.05) is 13.2 Å². The SMILES string of the molecule is C=C[C@@H]1OC(C)(C)O[C@@H]1C(=O)CC.C=C[C@@H]1OC(C)(C)O[C@@H]1[C@@H](O)CC.C=C[C@@H]1OC(C)(C)O[C@@H]1[C@@](O)(C=C)CC.CC1(C)O[C@@H]2[C@@H](CO)OC(O)[C@@H]2O1.CCC1=CC(=O)[C@@H]2OC(C)(C)O[C@H]12.CC[C@H]1OC(O)[C@@H]2OC(C)(C)O[C@H]12.CC[C@]1(O)C=C[C@@H]2OC(C)(C)O[C@@H]21.O=C[C@H](O)[C@H](O)[C@H](O)CO.[Br-].[CH-]=C.[Mg+2]. The summed E-state index contributed by atoms with van der Waals surface area (Å²) in [5.41, 5.74) is -0.842. The topological polar surface area (TPSA) is 401 Å². The summed E-state index contributed by atoms with van der Waals surface area (Å²) in [6.07, 6.45) is 4.23. The largest absolute Gasteiger partial charge is 2.00 e. The van der Waals surface area contributed by atoms with Crippen LogP contribution in [0.15, 0.2) is 81.0 Å². The van der Waals surface area contributed by atoms with Gasteiger partial charge in [-0.1, -0.05) is 78.0 Å². The van der Waals surface area contributed by atoms with Gasteiger partial charge in [0.15, 0.2) is 77.0 Å². The number of rotatable bonds is 18. The molecule has 0 aromatic carbocycles. The predicted octanol–water partition coefficient (Wildman–Crippen LogP) is 2.14. The monoisotopic (exact) mass is 1610 g/mol. The average Bonchev–Trinajstić information content (AvgIpc) is 1.63. The molecular formula is C76H127BrMgO29. The van der Waals surface area contributed by atoms with E-state index in [9.17, 15) is 39.9 Å². The van der Waals surface area contributed by atoms with E-state index < -0.39 is 120 Å². The van der Waals surface area contributed by atoms with Gasteiger partial charge in [-0.05, 0) is 141 Å². The molecule has 614 valence electrons. The van der Waals surface area contributed by atoms with Crippen LogP contribution in [0.1, 0.15) is 177 Å². The third kappa shape index (κ3) is 28.1. The van der Waals surface area contributed by atoms with Crippen molar-refractivity contribution in [3.05, 3.63) is 87.6 Å². The molecule has 10 N–H and O–H groups in total. The van der Waals surface area contributed by atoms with Gasteiger partial charge < -0.3 is 155 Å². The minimum Gasteiger partial charge on any atom is -1.00 e. The first-order chi connectivity index (χ1) is 48.6. The third-order valence-corrected chi connectivity index (χ3v) is 18.1. The first-order valence-electron chi connectivity index (χ1n) is 36.0. The molecule has 31 heteroatoms. The van der Waals surface area contributed by atoms with E-state index in [-0.39, 0.29) is 138 Å². The fraction of sp³-hybridized carbons (Fsp3) is 0.776. The van der Waals surface area contributed by atoms with E-state index in [0.717, 1.165) is 18.4 Å². The smallest absolute Gasteiger partial charge is 1.00 e. The van der Waals surface area contributed by atoms with Crippen molar-refractivity contribution < 1.29 is 158 Å².